The molecule has 0 atom stereocenters. The Kier molecular flexibility index (Phi) is 6.52. The summed E-state index contributed by atoms with van der Waals surface area (Å²) in [6, 6.07) is 55.1. The van der Waals surface area contributed by atoms with Crippen molar-refractivity contribution in [2.24, 2.45) is 23.7 Å². The van der Waals surface area contributed by atoms with E-state index in [-0.39, 0.29) is 5.41 Å². The first-order valence-electron chi connectivity index (χ1n) is 19.8. The van der Waals surface area contributed by atoms with Gasteiger partial charge < -0.3 is 0 Å². The number of aromatic nitrogens is 3. The molecule has 8 aromatic rings. The largest absolute Gasteiger partial charge is 0.208 e. The molecule has 0 N–H and O–H groups in total. The molecule has 1 heterocycles. The fourth-order valence-corrected chi connectivity index (χ4v) is 11.8. The third-order valence-electron chi connectivity index (χ3n) is 13.7. The van der Waals surface area contributed by atoms with Crippen molar-refractivity contribution in [2.45, 2.75) is 37.5 Å². The van der Waals surface area contributed by atoms with Crippen LogP contribution < -0.4 is 0 Å². The molecule has 54 heavy (non-hydrogen) atoms. The molecule has 1 spiro atoms. The Morgan fingerprint density at radius 1 is 0.389 bits per heavy atom. The van der Waals surface area contributed by atoms with Crippen LogP contribution in [0.1, 0.15) is 43.2 Å². The Morgan fingerprint density at radius 3 is 1.56 bits per heavy atom. The predicted molar refractivity (Wildman–Crippen MR) is 220 cm³/mol. The van der Waals surface area contributed by atoms with Crippen LogP contribution >= 0.6 is 0 Å². The number of hydrogen-bond donors (Lipinski definition) is 0. The molecule has 7 aromatic carbocycles. The topological polar surface area (TPSA) is 38.7 Å². The van der Waals surface area contributed by atoms with Gasteiger partial charge in [0.05, 0.1) is 0 Å². The highest BCUT2D eigenvalue weighted by atomic mass is 15.0. The minimum atomic E-state index is -0.0278. The summed E-state index contributed by atoms with van der Waals surface area (Å²) < 4.78 is 0. The van der Waals surface area contributed by atoms with Crippen molar-refractivity contribution in [3.63, 3.8) is 0 Å². The maximum absolute atomic E-state index is 5.42. The zero-order valence-corrected chi connectivity index (χ0v) is 30.1. The molecule has 5 aliphatic carbocycles. The summed E-state index contributed by atoms with van der Waals surface area (Å²) >= 11 is 0. The highest BCUT2D eigenvalue weighted by molar-refractivity contribution is 6.08. The van der Waals surface area contributed by atoms with E-state index in [1.165, 1.54) is 75.9 Å². The lowest BCUT2D eigenvalue weighted by Gasteiger charge is -2.61. The van der Waals surface area contributed by atoms with E-state index in [0.29, 0.717) is 23.5 Å². The minimum Gasteiger partial charge on any atom is -0.208 e. The van der Waals surface area contributed by atoms with Crippen molar-refractivity contribution in [2.75, 3.05) is 0 Å². The first-order valence-corrected chi connectivity index (χ1v) is 19.8. The average molecular weight is 694 g/mol. The van der Waals surface area contributed by atoms with Crippen molar-refractivity contribution in [1.82, 2.24) is 15.0 Å². The maximum atomic E-state index is 5.42. The molecule has 258 valence electrons. The van der Waals surface area contributed by atoms with Crippen LogP contribution in [-0.2, 0) is 5.41 Å². The zero-order valence-electron chi connectivity index (χ0n) is 30.1. The molecule has 4 fully saturated rings. The van der Waals surface area contributed by atoms with Crippen LogP contribution in [0.3, 0.4) is 0 Å². The van der Waals surface area contributed by atoms with Gasteiger partial charge in [-0.1, -0.05) is 146 Å². The summed E-state index contributed by atoms with van der Waals surface area (Å²) in [4.78, 5) is 16.0. The molecular weight excluding hydrogens is 655 g/mol. The first kappa shape index (κ1) is 30.5. The molecule has 0 aliphatic heterocycles. The van der Waals surface area contributed by atoms with Gasteiger partial charge >= 0.3 is 0 Å². The van der Waals surface area contributed by atoms with Gasteiger partial charge in [0, 0.05) is 22.1 Å². The molecule has 0 amide bonds. The fraction of sp³-hybridized carbons (Fsp3) is 0.196. The van der Waals surface area contributed by atoms with E-state index >= 15 is 0 Å². The van der Waals surface area contributed by atoms with Crippen LogP contribution in [0.5, 0.6) is 0 Å². The normalized spacial score (nSPS) is 23.3. The number of fused-ring (bicyclic) bond motifs is 7. The number of hydrogen-bond acceptors (Lipinski definition) is 3. The minimum absolute atomic E-state index is 0.0278. The second kappa shape index (κ2) is 11.5. The van der Waals surface area contributed by atoms with Crippen LogP contribution in [0.4, 0.5) is 0 Å². The zero-order chi connectivity index (χ0) is 35.4. The lowest BCUT2D eigenvalue weighted by Crippen LogP contribution is -2.55. The van der Waals surface area contributed by atoms with E-state index in [4.69, 9.17) is 15.0 Å². The van der Waals surface area contributed by atoms with E-state index in [1.807, 2.05) is 0 Å². The third kappa shape index (κ3) is 4.33. The van der Waals surface area contributed by atoms with Gasteiger partial charge in [0.1, 0.15) is 0 Å². The summed E-state index contributed by atoms with van der Waals surface area (Å²) in [6.07, 6.45) is 6.77. The summed E-state index contributed by atoms with van der Waals surface area (Å²) in [5, 5.41) is 5.44. The summed E-state index contributed by atoms with van der Waals surface area (Å²) in [6.45, 7) is 0. The average Bonchev–Trinajstić information content (AvgIpc) is 3.55. The Morgan fingerprint density at radius 2 is 0.889 bits per heavy atom. The van der Waals surface area contributed by atoms with Crippen molar-refractivity contribution >= 4 is 21.5 Å². The maximum Gasteiger partial charge on any atom is 0.164 e. The molecule has 1 aromatic heterocycles. The van der Waals surface area contributed by atoms with Crippen LogP contribution in [0.25, 0.3) is 78.0 Å². The smallest absolute Gasteiger partial charge is 0.164 e. The molecule has 4 bridgehead atoms. The lowest BCUT2D eigenvalue weighted by molar-refractivity contribution is -0.0387. The summed E-state index contributed by atoms with van der Waals surface area (Å²) in [7, 11) is 0. The van der Waals surface area contributed by atoms with E-state index in [9.17, 15) is 0 Å². The molecule has 5 aliphatic rings. The third-order valence-corrected chi connectivity index (χ3v) is 13.7. The van der Waals surface area contributed by atoms with Crippen molar-refractivity contribution in [1.29, 1.82) is 0 Å². The fourth-order valence-electron chi connectivity index (χ4n) is 11.8. The van der Waals surface area contributed by atoms with E-state index < -0.39 is 0 Å². The van der Waals surface area contributed by atoms with Crippen molar-refractivity contribution in [3.05, 3.63) is 163 Å². The molecule has 0 saturated heterocycles. The Hall–Kier alpha value is -5.93. The van der Waals surface area contributed by atoms with Crippen molar-refractivity contribution < 1.29 is 0 Å². The molecule has 0 radical (unpaired) electrons. The van der Waals surface area contributed by atoms with E-state index in [1.54, 1.807) is 11.1 Å². The highest BCUT2D eigenvalue weighted by Crippen LogP contribution is 2.71. The van der Waals surface area contributed by atoms with Crippen molar-refractivity contribution in [3.8, 4) is 56.4 Å². The summed E-state index contributed by atoms with van der Waals surface area (Å²) in [5.74, 6) is 5.14. The molecule has 0 unspecified atom stereocenters. The van der Waals surface area contributed by atoms with Crippen LogP contribution in [0.2, 0.25) is 0 Å². The number of rotatable bonds is 4. The Bertz CT molecular complexity index is 2740. The van der Waals surface area contributed by atoms with Gasteiger partial charge in [-0.2, -0.15) is 0 Å². The van der Waals surface area contributed by atoms with Gasteiger partial charge in [0.15, 0.2) is 17.5 Å². The molecular formula is C51H39N3. The monoisotopic (exact) mass is 693 g/mol. The van der Waals surface area contributed by atoms with Crippen LogP contribution in [-0.4, -0.2) is 15.0 Å². The molecule has 3 heteroatoms. The first-order chi connectivity index (χ1) is 26.7. The standard InChI is InChI=1S/C51H39N3/c1-3-11-33(12-4-1)34-19-21-37(22-20-34)49-52-48(36-14-5-2-6-15-36)53-50(54-49)44-30-38-16-8-10-18-42(38)47-45(44)43-24-23-35-13-7-9-17-41(35)46(43)51(47)39-26-31-25-32(28-39)29-40(51)27-31/h1-24,30-32,39-40H,25-29H2. The lowest BCUT2D eigenvalue weighted by atomic mass is 9.42. The van der Waals surface area contributed by atoms with Gasteiger partial charge in [0.25, 0.3) is 0 Å². The quantitative estimate of drug-likeness (QED) is 0.184. The van der Waals surface area contributed by atoms with Gasteiger partial charge in [0.2, 0.25) is 0 Å². The molecule has 3 nitrogen and oxygen atoms in total. The number of benzene rings is 7. The van der Waals surface area contributed by atoms with Gasteiger partial charge in [-0.25, -0.2) is 15.0 Å². The second-order valence-corrected chi connectivity index (χ2v) is 16.4. The van der Waals surface area contributed by atoms with Crippen LogP contribution in [0, 0.1) is 23.7 Å². The van der Waals surface area contributed by atoms with Gasteiger partial charge in [-0.3, -0.25) is 0 Å². The van der Waals surface area contributed by atoms with Crippen LogP contribution in [0.15, 0.2) is 152 Å². The Labute approximate surface area is 315 Å². The summed E-state index contributed by atoms with van der Waals surface area (Å²) in [5.41, 5.74) is 11.3. The van der Waals surface area contributed by atoms with E-state index in [2.05, 4.69) is 152 Å². The van der Waals surface area contributed by atoms with E-state index in [0.717, 1.165) is 34.4 Å². The van der Waals surface area contributed by atoms with Gasteiger partial charge in [-0.05, 0) is 117 Å². The predicted octanol–water partition coefficient (Wildman–Crippen LogP) is 12.6. The SMILES string of the molecule is c1ccc(-c2ccc(-c3nc(-c4ccccc4)nc(-c4cc5ccccc5c5c4-c4ccc6ccccc6c4C54C5CC6CC(C5)CC4C6)n3)cc2)cc1. The number of nitrogens with zero attached hydrogens (tertiary/aromatic N) is 3. The Balaban J connectivity index is 1.15. The van der Waals surface area contributed by atoms with Gasteiger partial charge in [-0.15, -0.1) is 0 Å². The highest BCUT2D eigenvalue weighted by Gasteiger charge is 2.62. The molecule has 13 rings (SSSR count). The molecule has 4 saturated carbocycles. The second-order valence-electron chi connectivity index (χ2n) is 16.4.